The molecule has 1 aromatic heterocycles. The van der Waals surface area contributed by atoms with Crippen molar-refractivity contribution in [1.29, 1.82) is 0 Å². The van der Waals surface area contributed by atoms with Crippen LogP contribution in [0.4, 0.5) is 10.5 Å². The van der Waals surface area contributed by atoms with Crippen LogP contribution in [0.5, 0.6) is 11.5 Å². The molecule has 13 nitrogen and oxygen atoms in total. The number of carbonyl (C=O) groups is 2. The van der Waals surface area contributed by atoms with Crippen molar-refractivity contribution in [3.05, 3.63) is 79.3 Å². The minimum atomic E-state index is -1.53. The molecule has 0 spiro atoms. The standard InChI is InChI=1S/C31H35N2O11.Na/c1-14(2)7-8-16-13-17(9-11-19(16)34)27(37)33-21-22(35)18-10-12-20(15(3)24(18)42-28(21)38)41-29-23(36)25(43-30(32)39)26(40-6)31(4,5)44-29;/h7,9-13,23,25-26,29,34,36H,8H2,1-6H3,(H2,32,39)(H,33,37);/q-1;+1/t23-,25+,26-,29-;/m1./s1. The molecule has 3 aromatic rings. The zero-order valence-corrected chi connectivity index (χ0v) is 28.1. The number of aromatic hydroxyl groups is 1. The predicted octanol–water partition coefficient (Wildman–Crippen LogP) is 0.00462. The molecule has 45 heavy (non-hydrogen) atoms. The Balaban J connectivity index is 0.00000552. The molecule has 4 atom stereocenters. The third-order valence-corrected chi connectivity index (χ3v) is 7.31. The van der Waals surface area contributed by atoms with E-state index in [1.165, 1.54) is 44.4 Å². The van der Waals surface area contributed by atoms with Crippen molar-refractivity contribution < 1.29 is 72.7 Å². The van der Waals surface area contributed by atoms with Crippen LogP contribution in [0.3, 0.4) is 0 Å². The summed E-state index contributed by atoms with van der Waals surface area (Å²) < 4.78 is 27.8. The molecule has 0 aliphatic carbocycles. The maximum atomic E-state index is 13.3. The summed E-state index contributed by atoms with van der Waals surface area (Å²) in [7, 11) is 1.36. The number of fused-ring (bicyclic) bond motifs is 1. The first-order valence-electron chi connectivity index (χ1n) is 13.7. The van der Waals surface area contributed by atoms with E-state index in [0.29, 0.717) is 12.0 Å². The second-order valence-electron chi connectivity index (χ2n) is 11.2. The number of hydrogen-bond acceptors (Lipinski definition) is 11. The normalized spacial score (nSPS) is 20.5. The fourth-order valence-corrected chi connectivity index (χ4v) is 5.05. The SMILES string of the molecule is CO[C@@H]1[C@@H](OC(N)=O)[C@@H](O)[C@H](Oc2ccc3c(=O)[c-](NC(=O)c4ccc(O)c(CC=C(C)C)c4)c(=O)oc3c2C)OC1(C)C.[Na+]. The first-order chi connectivity index (χ1) is 20.6. The maximum absolute atomic E-state index is 13.3. The molecular formula is C31H35N2NaO11. The molecule has 0 saturated carbocycles. The summed E-state index contributed by atoms with van der Waals surface area (Å²) in [5.41, 5.74) is 3.41. The number of primary amides is 1. The molecule has 4 rings (SSSR count). The van der Waals surface area contributed by atoms with Crippen LogP contribution in [0.2, 0.25) is 0 Å². The second kappa shape index (κ2) is 14.2. The molecule has 0 bridgehead atoms. The van der Waals surface area contributed by atoms with Crippen LogP contribution in [0.1, 0.15) is 49.2 Å². The van der Waals surface area contributed by atoms with Gasteiger partial charge in [-0.2, -0.15) is 0 Å². The summed E-state index contributed by atoms with van der Waals surface area (Å²) in [5.74, 6) is -0.637. The largest absolute Gasteiger partial charge is 1.00 e. The van der Waals surface area contributed by atoms with Crippen molar-refractivity contribution in [1.82, 2.24) is 0 Å². The fourth-order valence-electron chi connectivity index (χ4n) is 5.05. The van der Waals surface area contributed by atoms with Crippen LogP contribution >= 0.6 is 0 Å². The van der Waals surface area contributed by atoms with Crippen LogP contribution in [0.25, 0.3) is 11.0 Å². The monoisotopic (exact) mass is 634 g/mol. The van der Waals surface area contributed by atoms with E-state index in [4.69, 9.17) is 29.1 Å². The van der Waals surface area contributed by atoms with Crippen LogP contribution in [-0.4, -0.2) is 59.5 Å². The molecule has 1 aliphatic rings. The molecule has 5 N–H and O–H groups in total. The minimum Gasteiger partial charge on any atom is -0.508 e. The first kappa shape index (κ1) is 35.9. The summed E-state index contributed by atoms with van der Waals surface area (Å²) in [5, 5.41) is 23.4. The molecule has 0 radical (unpaired) electrons. The number of allylic oxidation sites excluding steroid dienone is 2. The number of phenols is 1. The van der Waals surface area contributed by atoms with Crippen molar-refractivity contribution in [3.8, 4) is 11.5 Å². The van der Waals surface area contributed by atoms with Crippen molar-refractivity contribution >= 4 is 28.7 Å². The van der Waals surface area contributed by atoms with E-state index in [9.17, 15) is 29.4 Å². The van der Waals surface area contributed by atoms with Gasteiger partial charge in [0.1, 0.15) is 23.0 Å². The molecule has 2 heterocycles. The van der Waals surface area contributed by atoms with Gasteiger partial charge in [-0.1, -0.05) is 29.8 Å². The third kappa shape index (κ3) is 7.63. The Morgan fingerprint density at radius 2 is 1.87 bits per heavy atom. The van der Waals surface area contributed by atoms with E-state index in [0.717, 1.165) is 5.57 Å². The minimum absolute atomic E-state index is 0. The third-order valence-electron chi connectivity index (χ3n) is 7.31. The van der Waals surface area contributed by atoms with Gasteiger partial charge in [0.15, 0.2) is 18.1 Å². The molecule has 236 valence electrons. The smallest absolute Gasteiger partial charge is 0.508 e. The molecule has 2 aromatic carbocycles. The number of aliphatic hydroxyl groups excluding tert-OH is 1. The van der Waals surface area contributed by atoms with Gasteiger partial charge in [0.05, 0.1) is 16.9 Å². The zero-order valence-electron chi connectivity index (χ0n) is 26.1. The number of ether oxygens (including phenoxy) is 4. The number of amides is 2. The van der Waals surface area contributed by atoms with E-state index in [1.807, 2.05) is 19.9 Å². The number of aryl methyl sites for hydroxylation is 1. The van der Waals surface area contributed by atoms with E-state index in [-0.39, 0.29) is 63.2 Å². The maximum Gasteiger partial charge on any atom is 1.00 e. The summed E-state index contributed by atoms with van der Waals surface area (Å²) in [6, 6.07) is 6.96. The number of phenolic OH excluding ortho intramolecular Hbond substituents is 1. The van der Waals surface area contributed by atoms with Gasteiger partial charge < -0.3 is 54.2 Å². The summed E-state index contributed by atoms with van der Waals surface area (Å²) in [4.78, 5) is 50.7. The number of rotatable bonds is 8. The quantitative estimate of drug-likeness (QED) is 0.113. The van der Waals surface area contributed by atoms with Gasteiger partial charge in [-0.3, -0.25) is 4.79 Å². The van der Waals surface area contributed by atoms with Crippen molar-refractivity contribution in [2.75, 3.05) is 12.4 Å². The molecule has 1 aliphatic heterocycles. The van der Waals surface area contributed by atoms with E-state index in [2.05, 4.69) is 5.32 Å². The molecule has 0 unspecified atom stereocenters. The fraction of sp³-hybridized carbons (Fsp3) is 0.387. The number of hydrogen-bond donors (Lipinski definition) is 4. The van der Waals surface area contributed by atoms with E-state index >= 15 is 0 Å². The summed E-state index contributed by atoms with van der Waals surface area (Å²) in [6.45, 7) is 8.63. The van der Waals surface area contributed by atoms with Gasteiger partial charge in [-0.05, 0) is 69.7 Å². The number of nitrogens with one attached hydrogen (secondary N) is 1. The van der Waals surface area contributed by atoms with Crippen LogP contribution in [-0.2, 0) is 20.6 Å². The van der Waals surface area contributed by atoms with E-state index < -0.39 is 58.9 Å². The molecule has 14 heteroatoms. The second-order valence-corrected chi connectivity index (χ2v) is 11.2. The van der Waals surface area contributed by atoms with Crippen LogP contribution < -0.4 is 56.4 Å². The van der Waals surface area contributed by atoms with Gasteiger partial charge in [-0.25, -0.2) is 4.79 Å². The zero-order chi connectivity index (χ0) is 32.5. The number of aliphatic hydroxyl groups is 1. The van der Waals surface area contributed by atoms with E-state index in [1.54, 1.807) is 13.8 Å². The Morgan fingerprint density at radius 3 is 2.49 bits per heavy atom. The topological polar surface area (TPSA) is 197 Å². The van der Waals surface area contributed by atoms with Crippen LogP contribution in [0.15, 0.2) is 56.0 Å². The Labute approximate surface area is 280 Å². The number of nitrogens with two attached hydrogens (primary N) is 1. The van der Waals surface area contributed by atoms with Gasteiger partial charge >= 0.3 is 41.3 Å². The van der Waals surface area contributed by atoms with Gasteiger partial charge in [0.2, 0.25) is 6.29 Å². The van der Waals surface area contributed by atoms with Crippen molar-refractivity contribution in [2.24, 2.45) is 5.73 Å². The summed E-state index contributed by atoms with van der Waals surface area (Å²) in [6.07, 6.45) is -3.88. The number of carbonyl (C=O) groups excluding carboxylic acids is 2. The van der Waals surface area contributed by atoms with Gasteiger partial charge in [0.25, 0.3) is 0 Å². The molecule has 1 fully saturated rings. The Kier molecular flexibility index (Phi) is 11.3. The van der Waals surface area contributed by atoms with Gasteiger partial charge in [-0.15, -0.1) is 0 Å². The van der Waals surface area contributed by atoms with Crippen LogP contribution in [0, 0.1) is 6.92 Å². The Hall–Kier alpha value is -3.59. The molecular weight excluding hydrogens is 599 g/mol. The average molecular weight is 635 g/mol. The predicted molar refractivity (Wildman–Crippen MR) is 159 cm³/mol. The molecule has 1 saturated heterocycles. The molecule has 2 amide bonds. The van der Waals surface area contributed by atoms with Crippen molar-refractivity contribution in [3.63, 3.8) is 0 Å². The van der Waals surface area contributed by atoms with Crippen molar-refractivity contribution in [2.45, 2.75) is 71.2 Å². The number of methoxy groups -OCH3 is 1. The number of benzene rings is 2. The average Bonchev–Trinajstić information content (AvgIpc) is 2.94. The summed E-state index contributed by atoms with van der Waals surface area (Å²) >= 11 is 0. The Morgan fingerprint density at radius 1 is 1.18 bits per heavy atom. The van der Waals surface area contributed by atoms with Gasteiger partial charge in [0, 0.05) is 12.7 Å². The first-order valence-corrected chi connectivity index (χ1v) is 13.7. The Bertz CT molecular complexity index is 1740. The number of anilines is 1.